The maximum Gasteiger partial charge on any atom is 0.193 e. The molecule has 1 aromatic carbocycles. The fourth-order valence-electron chi connectivity index (χ4n) is 3.25. The molecule has 5 nitrogen and oxygen atoms in total. The molecule has 1 aliphatic rings. The molecule has 1 fully saturated rings. The maximum atomic E-state index is 4.81. The number of halogens is 1. The number of thiazole rings is 1. The third kappa shape index (κ3) is 6.62. The number of nitrogens with zero attached hydrogens (tertiary/aromatic N) is 4. The highest BCUT2D eigenvalue weighted by atomic mass is 127. The van der Waals surface area contributed by atoms with Crippen LogP contribution in [-0.4, -0.2) is 49.1 Å². The Bertz CT molecular complexity index is 738. The summed E-state index contributed by atoms with van der Waals surface area (Å²) < 4.78 is 0. The smallest absolute Gasteiger partial charge is 0.193 e. The lowest BCUT2D eigenvalue weighted by molar-refractivity contribution is 0.477. The first-order valence-electron chi connectivity index (χ1n) is 9.90. The summed E-state index contributed by atoms with van der Waals surface area (Å²) in [5.74, 6) is 0.952. The molecule has 0 unspecified atom stereocenters. The molecule has 3 rings (SSSR count). The van der Waals surface area contributed by atoms with E-state index in [1.165, 1.54) is 29.1 Å². The molecule has 0 bridgehead atoms. The molecular weight excluding hydrogens is 481 g/mol. The number of nitrogens with one attached hydrogen (secondary N) is 1. The maximum absolute atomic E-state index is 4.81. The number of aliphatic imine (C=N–C) groups is 1. The Morgan fingerprint density at radius 3 is 2.64 bits per heavy atom. The van der Waals surface area contributed by atoms with Crippen LogP contribution in [0.15, 0.2) is 34.6 Å². The molecule has 7 heteroatoms. The molecule has 154 valence electrons. The van der Waals surface area contributed by atoms with Crippen LogP contribution in [0, 0.1) is 6.92 Å². The van der Waals surface area contributed by atoms with Gasteiger partial charge in [-0.25, -0.2) is 4.98 Å². The van der Waals surface area contributed by atoms with Crippen LogP contribution in [0.25, 0.3) is 0 Å². The SMILES string of the molecule is CCNC(=NCCc1csc(N2CCCC2)n1)N(C)Cc1ccc(C)cc1.I. The third-order valence-corrected chi connectivity index (χ3v) is 5.73. The molecule has 2 aromatic rings. The molecule has 0 spiro atoms. The van der Waals surface area contributed by atoms with E-state index in [1.54, 1.807) is 11.3 Å². The first-order valence-corrected chi connectivity index (χ1v) is 10.8. The Labute approximate surface area is 190 Å². The molecule has 1 aliphatic heterocycles. The van der Waals surface area contributed by atoms with Gasteiger partial charge in [0.15, 0.2) is 11.1 Å². The number of guanidine groups is 1. The fraction of sp³-hybridized carbons (Fsp3) is 0.524. The summed E-state index contributed by atoms with van der Waals surface area (Å²) in [4.78, 5) is 14.2. The number of hydrogen-bond donors (Lipinski definition) is 1. The monoisotopic (exact) mass is 513 g/mol. The van der Waals surface area contributed by atoms with E-state index in [2.05, 4.69) is 65.7 Å². The second kappa shape index (κ2) is 11.6. The number of aryl methyl sites for hydroxylation is 1. The number of anilines is 1. The van der Waals surface area contributed by atoms with Crippen LogP contribution in [0.5, 0.6) is 0 Å². The summed E-state index contributed by atoms with van der Waals surface area (Å²) in [5, 5.41) is 6.76. The number of aromatic nitrogens is 1. The van der Waals surface area contributed by atoms with Gasteiger partial charge in [0.1, 0.15) is 0 Å². The van der Waals surface area contributed by atoms with Crippen molar-refractivity contribution in [2.45, 2.75) is 39.7 Å². The molecule has 0 radical (unpaired) electrons. The molecule has 2 heterocycles. The molecule has 1 N–H and O–H groups in total. The van der Waals surface area contributed by atoms with Crippen molar-refractivity contribution < 1.29 is 0 Å². The van der Waals surface area contributed by atoms with E-state index in [1.807, 2.05) is 0 Å². The minimum absolute atomic E-state index is 0. The minimum atomic E-state index is 0. The average molecular weight is 513 g/mol. The van der Waals surface area contributed by atoms with Gasteiger partial charge in [-0.15, -0.1) is 35.3 Å². The average Bonchev–Trinajstić information content (AvgIpc) is 3.34. The van der Waals surface area contributed by atoms with Crippen LogP contribution < -0.4 is 10.2 Å². The van der Waals surface area contributed by atoms with E-state index in [9.17, 15) is 0 Å². The van der Waals surface area contributed by atoms with Gasteiger partial charge in [0, 0.05) is 51.6 Å². The van der Waals surface area contributed by atoms with E-state index in [-0.39, 0.29) is 24.0 Å². The molecule has 0 atom stereocenters. The predicted octanol–water partition coefficient (Wildman–Crippen LogP) is 4.31. The lowest BCUT2D eigenvalue weighted by Crippen LogP contribution is -2.38. The van der Waals surface area contributed by atoms with Crippen molar-refractivity contribution in [3.8, 4) is 0 Å². The van der Waals surface area contributed by atoms with E-state index in [0.717, 1.165) is 50.8 Å². The molecule has 0 aliphatic carbocycles. The number of benzene rings is 1. The topological polar surface area (TPSA) is 43.8 Å². The van der Waals surface area contributed by atoms with Gasteiger partial charge in [-0.05, 0) is 32.3 Å². The molecule has 28 heavy (non-hydrogen) atoms. The molecule has 1 aromatic heterocycles. The second-order valence-corrected chi connectivity index (χ2v) is 7.98. The highest BCUT2D eigenvalue weighted by Crippen LogP contribution is 2.24. The lowest BCUT2D eigenvalue weighted by Gasteiger charge is -2.22. The van der Waals surface area contributed by atoms with Gasteiger partial charge in [0.05, 0.1) is 5.69 Å². The van der Waals surface area contributed by atoms with Gasteiger partial charge in [0.25, 0.3) is 0 Å². The number of hydrogen-bond acceptors (Lipinski definition) is 4. The Kier molecular flexibility index (Phi) is 9.50. The Morgan fingerprint density at radius 1 is 1.25 bits per heavy atom. The van der Waals surface area contributed by atoms with Crippen molar-refractivity contribution in [2.75, 3.05) is 38.1 Å². The van der Waals surface area contributed by atoms with Crippen molar-refractivity contribution >= 4 is 46.4 Å². The van der Waals surface area contributed by atoms with Crippen molar-refractivity contribution in [1.82, 2.24) is 15.2 Å². The van der Waals surface area contributed by atoms with Crippen LogP contribution >= 0.6 is 35.3 Å². The highest BCUT2D eigenvalue weighted by Gasteiger charge is 2.15. The van der Waals surface area contributed by atoms with Crippen LogP contribution in [0.3, 0.4) is 0 Å². The summed E-state index contributed by atoms with van der Waals surface area (Å²) in [7, 11) is 2.09. The van der Waals surface area contributed by atoms with Gasteiger partial charge >= 0.3 is 0 Å². The first-order chi connectivity index (χ1) is 13.2. The van der Waals surface area contributed by atoms with E-state index < -0.39 is 0 Å². The Balaban J connectivity index is 0.00000280. The van der Waals surface area contributed by atoms with Gasteiger partial charge in [0.2, 0.25) is 0 Å². The van der Waals surface area contributed by atoms with Gasteiger partial charge in [-0.1, -0.05) is 29.8 Å². The second-order valence-electron chi connectivity index (χ2n) is 7.14. The van der Waals surface area contributed by atoms with Crippen molar-refractivity contribution in [3.05, 3.63) is 46.5 Å². The largest absolute Gasteiger partial charge is 0.357 e. The van der Waals surface area contributed by atoms with E-state index in [4.69, 9.17) is 9.98 Å². The molecule has 1 saturated heterocycles. The van der Waals surface area contributed by atoms with Crippen LogP contribution in [0.4, 0.5) is 5.13 Å². The Morgan fingerprint density at radius 2 is 1.96 bits per heavy atom. The first kappa shape index (κ1) is 22.9. The molecular formula is C21H32IN5S. The Hall–Kier alpha value is -1.35. The van der Waals surface area contributed by atoms with Crippen LogP contribution in [0.1, 0.15) is 36.6 Å². The predicted molar refractivity (Wildman–Crippen MR) is 131 cm³/mol. The molecule has 0 amide bonds. The van der Waals surface area contributed by atoms with E-state index >= 15 is 0 Å². The zero-order chi connectivity index (χ0) is 19.1. The molecule has 0 saturated carbocycles. The zero-order valence-corrected chi connectivity index (χ0v) is 20.3. The number of rotatable bonds is 7. The van der Waals surface area contributed by atoms with E-state index in [0.29, 0.717) is 0 Å². The van der Waals surface area contributed by atoms with Crippen molar-refractivity contribution in [2.24, 2.45) is 4.99 Å². The quantitative estimate of drug-likeness (QED) is 0.341. The zero-order valence-electron chi connectivity index (χ0n) is 17.1. The van der Waals surface area contributed by atoms with Crippen molar-refractivity contribution in [3.63, 3.8) is 0 Å². The van der Waals surface area contributed by atoms with Gasteiger partial charge in [-0.2, -0.15) is 0 Å². The van der Waals surface area contributed by atoms with Crippen LogP contribution in [-0.2, 0) is 13.0 Å². The van der Waals surface area contributed by atoms with Gasteiger partial charge < -0.3 is 15.1 Å². The fourth-order valence-corrected chi connectivity index (χ4v) is 4.17. The minimum Gasteiger partial charge on any atom is -0.357 e. The summed E-state index contributed by atoms with van der Waals surface area (Å²) in [6.07, 6.45) is 3.47. The van der Waals surface area contributed by atoms with Gasteiger partial charge in [-0.3, -0.25) is 4.99 Å². The normalized spacial score (nSPS) is 14.1. The van der Waals surface area contributed by atoms with Crippen molar-refractivity contribution in [1.29, 1.82) is 0 Å². The third-order valence-electron chi connectivity index (χ3n) is 4.78. The summed E-state index contributed by atoms with van der Waals surface area (Å²) >= 11 is 1.77. The summed E-state index contributed by atoms with van der Waals surface area (Å²) in [6.45, 7) is 9.00. The standard InChI is InChI=1S/C21H31N5S.HI/c1-4-22-20(25(3)15-18-9-7-17(2)8-10-18)23-12-11-19-16-27-21(24-19)26-13-5-6-14-26;/h7-10,16H,4-6,11-15H2,1-3H3,(H,22,23);1H. The summed E-state index contributed by atoms with van der Waals surface area (Å²) in [5.41, 5.74) is 3.74. The van der Waals surface area contributed by atoms with Crippen LogP contribution in [0.2, 0.25) is 0 Å². The highest BCUT2D eigenvalue weighted by molar-refractivity contribution is 14.0. The summed E-state index contributed by atoms with van der Waals surface area (Å²) in [6, 6.07) is 8.69. The lowest BCUT2D eigenvalue weighted by atomic mass is 10.1.